The highest BCUT2D eigenvalue weighted by molar-refractivity contribution is 5.83. The van der Waals surface area contributed by atoms with Crippen molar-refractivity contribution in [1.82, 2.24) is 9.80 Å². The summed E-state index contributed by atoms with van der Waals surface area (Å²) in [5.41, 5.74) is 0. The number of hydrogen-bond donors (Lipinski definition) is 1. The van der Waals surface area contributed by atoms with E-state index in [1.54, 1.807) is 9.80 Å². The molecular weight excluding hydrogens is 272 g/mol. The molecule has 0 bridgehead atoms. The predicted molar refractivity (Wildman–Crippen MR) is 78.1 cm³/mol. The molecule has 6 nitrogen and oxygen atoms in total. The summed E-state index contributed by atoms with van der Waals surface area (Å²) < 4.78 is 5.62. The first kappa shape index (κ1) is 16.1. The van der Waals surface area contributed by atoms with Gasteiger partial charge in [-0.15, -0.1) is 0 Å². The van der Waals surface area contributed by atoms with Crippen molar-refractivity contribution in [2.75, 3.05) is 26.2 Å². The van der Waals surface area contributed by atoms with Crippen molar-refractivity contribution in [3.8, 4) is 0 Å². The molecule has 3 atom stereocenters. The van der Waals surface area contributed by atoms with Gasteiger partial charge in [0.25, 0.3) is 0 Å². The van der Waals surface area contributed by atoms with E-state index in [4.69, 9.17) is 4.74 Å². The minimum absolute atomic E-state index is 0.00711. The smallest absolute Gasteiger partial charge is 0.326 e. The lowest BCUT2D eigenvalue weighted by Gasteiger charge is -2.42. The van der Waals surface area contributed by atoms with Crippen LogP contribution in [0.5, 0.6) is 0 Å². The fraction of sp³-hybridized carbons (Fsp3) is 0.867. The van der Waals surface area contributed by atoms with Crippen LogP contribution in [0.25, 0.3) is 0 Å². The molecule has 2 aliphatic rings. The van der Waals surface area contributed by atoms with Crippen LogP contribution in [0, 0.1) is 5.92 Å². The second-order valence-electron chi connectivity index (χ2n) is 6.04. The summed E-state index contributed by atoms with van der Waals surface area (Å²) in [5, 5.41) is 9.43. The summed E-state index contributed by atoms with van der Waals surface area (Å²) in [4.78, 5) is 27.5. The van der Waals surface area contributed by atoms with Gasteiger partial charge < -0.3 is 19.6 Å². The van der Waals surface area contributed by atoms with Crippen LogP contribution >= 0.6 is 0 Å². The first-order chi connectivity index (χ1) is 10.0. The molecule has 2 heterocycles. The van der Waals surface area contributed by atoms with E-state index in [9.17, 15) is 14.7 Å². The number of carboxylic acids is 1. The molecule has 120 valence electrons. The lowest BCUT2D eigenvalue weighted by molar-refractivity contribution is -0.145. The van der Waals surface area contributed by atoms with Crippen LogP contribution in [-0.2, 0) is 9.53 Å². The molecule has 0 spiro atoms. The third-order valence-corrected chi connectivity index (χ3v) is 4.48. The number of hydrogen-bond acceptors (Lipinski definition) is 3. The second-order valence-corrected chi connectivity index (χ2v) is 6.04. The Labute approximate surface area is 126 Å². The van der Waals surface area contributed by atoms with E-state index in [2.05, 4.69) is 0 Å². The van der Waals surface area contributed by atoms with Gasteiger partial charge in [-0.05, 0) is 38.5 Å². The monoisotopic (exact) mass is 298 g/mol. The van der Waals surface area contributed by atoms with Gasteiger partial charge in [-0.1, -0.05) is 6.92 Å². The van der Waals surface area contributed by atoms with Crippen molar-refractivity contribution >= 4 is 12.0 Å². The van der Waals surface area contributed by atoms with Crippen LogP contribution in [-0.4, -0.2) is 65.3 Å². The van der Waals surface area contributed by atoms with Crippen molar-refractivity contribution < 1.29 is 19.4 Å². The molecule has 0 radical (unpaired) electrons. The Balaban J connectivity index is 2.04. The zero-order chi connectivity index (χ0) is 15.4. The topological polar surface area (TPSA) is 70.1 Å². The van der Waals surface area contributed by atoms with Crippen molar-refractivity contribution in [1.29, 1.82) is 0 Å². The molecule has 0 aromatic heterocycles. The fourth-order valence-electron chi connectivity index (χ4n) is 3.44. The number of aliphatic carboxylic acids is 1. The number of urea groups is 1. The molecule has 2 rings (SSSR count). The Morgan fingerprint density at radius 3 is 2.62 bits per heavy atom. The first-order valence-electron chi connectivity index (χ1n) is 7.94. The Morgan fingerprint density at radius 2 is 1.95 bits per heavy atom. The normalized spacial score (nSPS) is 30.3. The second kappa shape index (κ2) is 7.11. The highest BCUT2D eigenvalue weighted by atomic mass is 16.5. The zero-order valence-electron chi connectivity index (χ0n) is 13.0. The van der Waals surface area contributed by atoms with Crippen LogP contribution in [0.1, 0.15) is 39.5 Å². The third kappa shape index (κ3) is 3.67. The number of amides is 2. The molecule has 2 fully saturated rings. The molecule has 21 heavy (non-hydrogen) atoms. The van der Waals surface area contributed by atoms with Gasteiger partial charge in [0.05, 0.1) is 6.10 Å². The van der Waals surface area contributed by atoms with Gasteiger partial charge in [-0.25, -0.2) is 9.59 Å². The van der Waals surface area contributed by atoms with Crippen LogP contribution in [0.2, 0.25) is 0 Å². The summed E-state index contributed by atoms with van der Waals surface area (Å²) in [5.74, 6) is -0.887. The molecular formula is C15H26N2O4. The number of carbonyl (C=O) groups excluding carboxylic acids is 1. The highest BCUT2D eigenvalue weighted by Gasteiger charge is 2.39. The van der Waals surface area contributed by atoms with Gasteiger partial charge in [0.2, 0.25) is 0 Å². The molecule has 3 unspecified atom stereocenters. The molecule has 0 aromatic rings. The molecule has 2 saturated heterocycles. The quantitative estimate of drug-likeness (QED) is 0.862. The molecule has 6 heteroatoms. The lowest BCUT2D eigenvalue weighted by Crippen LogP contribution is -2.57. The van der Waals surface area contributed by atoms with Crippen molar-refractivity contribution in [2.45, 2.75) is 51.7 Å². The average Bonchev–Trinajstić information content (AvgIpc) is 2.46. The summed E-state index contributed by atoms with van der Waals surface area (Å²) in [7, 11) is 0. The largest absolute Gasteiger partial charge is 0.480 e. The highest BCUT2D eigenvalue weighted by Crippen LogP contribution is 2.26. The Hall–Kier alpha value is -1.30. The molecule has 0 aromatic carbocycles. The van der Waals surface area contributed by atoms with E-state index >= 15 is 0 Å². The number of carboxylic acid groups (broad SMARTS) is 1. The van der Waals surface area contributed by atoms with Gasteiger partial charge in [0.15, 0.2) is 0 Å². The lowest BCUT2D eigenvalue weighted by atomic mass is 9.91. The minimum atomic E-state index is -0.895. The molecule has 0 saturated carbocycles. The van der Waals surface area contributed by atoms with Crippen LogP contribution in [0.4, 0.5) is 4.79 Å². The van der Waals surface area contributed by atoms with Gasteiger partial charge in [0.1, 0.15) is 6.04 Å². The van der Waals surface area contributed by atoms with Crippen molar-refractivity contribution in [2.24, 2.45) is 5.92 Å². The van der Waals surface area contributed by atoms with E-state index in [1.807, 2.05) is 13.8 Å². The predicted octanol–water partition coefficient (Wildman–Crippen LogP) is 1.79. The Kier molecular flexibility index (Phi) is 5.45. The maximum atomic E-state index is 12.7. The third-order valence-electron chi connectivity index (χ3n) is 4.48. The number of piperidine rings is 2. The molecule has 0 aliphatic carbocycles. The zero-order valence-corrected chi connectivity index (χ0v) is 13.0. The maximum absolute atomic E-state index is 12.7. The van der Waals surface area contributed by atoms with Gasteiger partial charge >= 0.3 is 12.0 Å². The SMILES string of the molecule is CCOC1CCCN(C(=O)N2CCCC(C)C2C(=O)O)C1. The van der Waals surface area contributed by atoms with Crippen LogP contribution in [0.3, 0.4) is 0 Å². The maximum Gasteiger partial charge on any atom is 0.326 e. The number of ether oxygens (including phenoxy) is 1. The number of nitrogens with zero attached hydrogens (tertiary/aromatic N) is 2. The number of likely N-dealkylation sites (tertiary alicyclic amines) is 2. The number of rotatable bonds is 3. The summed E-state index contributed by atoms with van der Waals surface area (Å²) >= 11 is 0. The van der Waals surface area contributed by atoms with E-state index in [-0.39, 0.29) is 18.1 Å². The van der Waals surface area contributed by atoms with E-state index in [0.717, 1.165) is 25.7 Å². The Bertz CT molecular complexity index is 386. The van der Waals surface area contributed by atoms with Crippen molar-refractivity contribution in [3.63, 3.8) is 0 Å². The molecule has 2 amide bonds. The standard InChI is InChI=1S/C15H26N2O4/c1-3-21-12-7-5-8-16(10-12)15(20)17-9-4-6-11(2)13(17)14(18)19/h11-13H,3-10H2,1-2H3,(H,18,19). The van der Waals surface area contributed by atoms with Crippen molar-refractivity contribution in [3.05, 3.63) is 0 Å². The average molecular weight is 298 g/mol. The summed E-state index contributed by atoms with van der Waals surface area (Å²) in [6, 6.07) is -0.836. The van der Waals surface area contributed by atoms with Gasteiger partial charge in [-0.2, -0.15) is 0 Å². The molecule has 1 N–H and O–H groups in total. The first-order valence-corrected chi connectivity index (χ1v) is 7.94. The van der Waals surface area contributed by atoms with Gasteiger partial charge in [0, 0.05) is 26.2 Å². The van der Waals surface area contributed by atoms with Crippen LogP contribution < -0.4 is 0 Å². The Morgan fingerprint density at radius 1 is 1.24 bits per heavy atom. The summed E-state index contributed by atoms with van der Waals surface area (Å²) in [6.07, 6.45) is 3.70. The number of carbonyl (C=O) groups is 2. The fourth-order valence-corrected chi connectivity index (χ4v) is 3.44. The molecule has 2 aliphatic heterocycles. The van der Waals surface area contributed by atoms with E-state index in [1.165, 1.54) is 0 Å². The van der Waals surface area contributed by atoms with E-state index < -0.39 is 12.0 Å². The van der Waals surface area contributed by atoms with Crippen LogP contribution in [0.15, 0.2) is 0 Å². The minimum Gasteiger partial charge on any atom is -0.480 e. The van der Waals surface area contributed by atoms with E-state index in [0.29, 0.717) is 26.2 Å². The summed E-state index contributed by atoms with van der Waals surface area (Å²) in [6.45, 7) is 6.32. The van der Waals surface area contributed by atoms with Gasteiger partial charge in [-0.3, -0.25) is 0 Å².